The van der Waals surface area contributed by atoms with Crippen LogP contribution >= 0.6 is 11.8 Å². The standard InChI is InChI=1S/C15H19NS/c1-2-6-11-7-5-9-13-12-8-3-4-10-14(12)16-15(13)17-11/h3-4,8,10-11,16H,2,5-7,9H2,1H3. The third-order valence-electron chi connectivity index (χ3n) is 3.62. The summed E-state index contributed by atoms with van der Waals surface area (Å²) in [5, 5.41) is 3.68. The molecule has 0 fully saturated rings. The molecule has 0 saturated carbocycles. The van der Waals surface area contributed by atoms with Gasteiger partial charge >= 0.3 is 0 Å². The van der Waals surface area contributed by atoms with E-state index in [2.05, 4.69) is 47.9 Å². The lowest BCUT2D eigenvalue weighted by molar-refractivity contribution is 0.655. The molecule has 1 nitrogen and oxygen atoms in total. The number of aromatic nitrogens is 1. The number of aromatic amines is 1. The number of benzene rings is 1. The lowest BCUT2D eigenvalue weighted by Crippen LogP contribution is -2.00. The van der Waals surface area contributed by atoms with Crippen molar-refractivity contribution >= 4 is 22.7 Å². The van der Waals surface area contributed by atoms with Gasteiger partial charge in [-0.3, -0.25) is 0 Å². The zero-order valence-electron chi connectivity index (χ0n) is 10.3. The van der Waals surface area contributed by atoms with E-state index in [4.69, 9.17) is 0 Å². The largest absolute Gasteiger partial charge is 0.349 e. The van der Waals surface area contributed by atoms with Gasteiger partial charge in [-0.2, -0.15) is 0 Å². The molecule has 0 amide bonds. The molecule has 1 unspecified atom stereocenters. The highest BCUT2D eigenvalue weighted by Crippen LogP contribution is 2.38. The Labute approximate surface area is 107 Å². The first-order valence-electron chi connectivity index (χ1n) is 6.64. The molecule has 17 heavy (non-hydrogen) atoms. The van der Waals surface area contributed by atoms with Crippen molar-refractivity contribution < 1.29 is 0 Å². The molecule has 0 saturated heterocycles. The van der Waals surface area contributed by atoms with Crippen LogP contribution in [0.2, 0.25) is 0 Å². The molecule has 1 atom stereocenters. The Morgan fingerprint density at radius 1 is 1.35 bits per heavy atom. The second-order valence-corrected chi connectivity index (χ2v) is 6.21. The van der Waals surface area contributed by atoms with Crippen molar-refractivity contribution in [2.75, 3.05) is 0 Å². The average molecular weight is 245 g/mol. The molecule has 2 aromatic rings. The molecular weight excluding hydrogens is 226 g/mol. The number of thioether (sulfide) groups is 1. The summed E-state index contributed by atoms with van der Waals surface area (Å²) < 4.78 is 0. The molecule has 2 heteroatoms. The number of para-hydroxylation sites is 1. The molecular formula is C15H19NS. The molecule has 2 heterocycles. The fraction of sp³-hybridized carbons (Fsp3) is 0.467. The van der Waals surface area contributed by atoms with E-state index in [0.717, 1.165) is 5.25 Å². The average Bonchev–Trinajstić information content (AvgIpc) is 2.55. The molecule has 1 aromatic carbocycles. The first-order valence-corrected chi connectivity index (χ1v) is 7.52. The van der Waals surface area contributed by atoms with Gasteiger partial charge < -0.3 is 4.98 Å². The Morgan fingerprint density at radius 2 is 2.24 bits per heavy atom. The zero-order chi connectivity index (χ0) is 11.7. The lowest BCUT2D eigenvalue weighted by Gasteiger charge is -2.11. The van der Waals surface area contributed by atoms with E-state index in [0.29, 0.717) is 0 Å². The number of H-pyrrole nitrogens is 1. The van der Waals surface area contributed by atoms with Crippen LogP contribution in [0, 0.1) is 0 Å². The Kier molecular flexibility index (Phi) is 3.15. The van der Waals surface area contributed by atoms with Gasteiger partial charge in [0.1, 0.15) is 0 Å². The van der Waals surface area contributed by atoms with E-state index in [1.165, 1.54) is 48.0 Å². The molecule has 1 N–H and O–H groups in total. The number of aryl methyl sites for hydroxylation is 1. The second kappa shape index (κ2) is 4.77. The first kappa shape index (κ1) is 11.2. The summed E-state index contributed by atoms with van der Waals surface area (Å²) in [4.78, 5) is 3.61. The molecule has 1 aliphatic rings. The minimum absolute atomic E-state index is 0.814. The first-order chi connectivity index (χ1) is 8.38. The van der Waals surface area contributed by atoms with Crippen molar-refractivity contribution in [1.29, 1.82) is 0 Å². The minimum atomic E-state index is 0.814. The van der Waals surface area contributed by atoms with Gasteiger partial charge in [-0.25, -0.2) is 0 Å². The summed E-state index contributed by atoms with van der Waals surface area (Å²) in [7, 11) is 0. The molecule has 0 bridgehead atoms. The normalized spacial score (nSPS) is 20.2. The van der Waals surface area contributed by atoms with Crippen molar-refractivity contribution in [2.45, 2.75) is 49.3 Å². The lowest BCUT2D eigenvalue weighted by atomic mass is 10.0. The van der Waals surface area contributed by atoms with Gasteiger partial charge in [-0.05, 0) is 37.3 Å². The van der Waals surface area contributed by atoms with Gasteiger partial charge in [0, 0.05) is 16.2 Å². The number of hydrogen-bond acceptors (Lipinski definition) is 1. The smallest absolute Gasteiger partial charge is 0.0767 e. The van der Waals surface area contributed by atoms with Gasteiger partial charge in [-0.15, -0.1) is 11.8 Å². The van der Waals surface area contributed by atoms with Gasteiger partial charge in [0.05, 0.1) is 5.03 Å². The Bertz CT molecular complexity index is 515. The van der Waals surface area contributed by atoms with Crippen LogP contribution in [-0.2, 0) is 6.42 Å². The Balaban J connectivity index is 2.00. The predicted molar refractivity (Wildman–Crippen MR) is 75.8 cm³/mol. The number of fused-ring (bicyclic) bond motifs is 3. The third-order valence-corrected chi connectivity index (χ3v) is 5.01. The summed E-state index contributed by atoms with van der Waals surface area (Å²) in [6, 6.07) is 8.71. The van der Waals surface area contributed by atoms with Crippen LogP contribution in [0.5, 0.6) is 0 Å². The summed E-state index contributed by atoms with van der Waals surface area (Å²) in [6.07, 6.45) is 6.60. The molecule has 3 rings (SSSR count). The van der Waals surface area contributed by atoms with Gasteiger partial charge in [0.15, 0.2) is 0 Å². The topological polar surface area (TPSA) is 15.8 Å². The maximum absolute atomic E-state index is 3.61. The number of nitrogens with one attached hydrogen (secondary N) is 1. The maximum atomic E-state index is 3.61. The van der Waals surface area contributed by atoms with E-state index in [1.54, 1.807) is 5.56 Å². The highest BCUT2D eigenvalue weighted by molar-refractivity contribution is 7.99. The van der Waals surface area contributed by atoms with E-state index < -0.39 is 0 Å². The zero-order valence-corrected chi connectivity index (χ0v) is 11.1. The molecule has 90 valence electrons. The van der Waals surface area contributed by atoms with Crippen LogP contribution < -0.4 is 0 Å². The van der Waals surface area contributed by atoms with Crippen LogP contribution in [0.25, 0.3) is 10.9 Å². The molecule has 0 radical (unpaired) electrons. The molecule has 0 spiro atoms. The van der Waals surface area contributed by atoms with Crippen LogP contribution in [-0.4, -0.2) is 10.2 Å². The third kappa shape index (κ3) is 2.11. The quantitative estimate of drug-likeness (QED) is 0.806. The van der Waals surface area contributed by atoms with Crippen molar-refractivity contribution in [3.05, 3.63) is 29.8 Å². The predicted octanol–water partition coefficient (Wildman–Crippen LogP) is 4.77. The monoisotopic (exact) mass is 245 g/mol. The fourth-order valence-corrected chi connectivity index (χ4v) is 4.28. The summed E-state index contributed by atoms with van der Waals surface area (Å²) >= 11 is 2.07. The van der Waals surface area contributed by atoms with Gasteiger partial charge in [-0.1, -0.05) is 31.5 Å². The van der Waals surface area contributed by atoms with Crippen LogP contribution in [0.4, 0.5) is 0 Å². The van der Waals surface area contributed by atoms with E-state index in [9.17, 15) is 0 Å². The van der Waals surface area contributed by atoms with Crippen molar-refractivity contribution in [3.8, 4) is 0 Å². The minimum Gasteiger partial charge on any atom is -0.349 e. The van der Waals surface area contributed by atoms with Crippen LogP contribution in [0.1, 0.15) is 38.2 Å². The molecule has 1 aliphatic heterocycles. The van der Waals surface area contributed by atoms with Crippen molar-refractivity contribution in [3.63, 3.8) is 0 Å². The fourth-order valence-electron chi connectivity index (χ4n) is 2.78. The van der Waals surface area contributed by atoms with Crippen molar-refractivity contribution in [1.82, 2.24) is 4.98 Å². The van der Waals surface area contributed by atoms with E-state index in [-0.39, 0.29) is 0 Å². The van der Waals surface area contributed by atoms with Crippen molar-refractivity contribution in [2.24, 2.45) is 0 Å². The van der Waals surface area contributed by atoms with E-state index in [1.807, 2.05) is 0 Å². The van der Waals surface area contributed by atoms with Gasteiger partial charge in [0.2, 0.25) is 0 Å². The van der Waals surface area contributed by atoms with E-state index >= 15 is 0 Å². The maximum Gasteiger partial charge on any atom is 0.0767 e. The summed E-state index contributed by atoms with van der Waals surface area (Å²) in [6.45, 7) is 2.29. The van der Waals surface area contributed by atoms with Crippen LogP contribution in [0.3, 0.4) is 0 Å². The van der Waals surface area contributed by atoms with Crippen LogP contribution in [0.15, 0.2) is 29.3 Å². The number of hydrogen-bond donors (Lipinski definition) is 1. The summed E-state index contributed by atoms with van der Waals surface area (Å²) in [5.41, 5.74) is 2.87. The highest BCUT2D eigenvalue weighted by atomic mass is 32.2. The second-order valence-electron chi connectivity index (χ2n) is 4.90. The SMILES string of the molecule is CCCC1CCCc2c([nH]c3ccccc23)S1. The Hall–Kier alpha value is -0.890. The number of rotatable bonds is 2. The van der Waals surface area contributed by atoms with Gasteiger partial charge in [0.25, 0.3) is 0 Å². The molecule has 1 aromatic heterocycles. The summed E-state index contributed by atoms with van der Waals surface area (Å²) in [5.74, 6) is 0. The highest BCUT2D eigenvalue weighted by Gasteiger charge is 2.20. The molecule has 0 aliphatic carbocycles. The Morgan fingerprint density at radius 3 is 3.12 bits per heavy atom.